The maximum Gasteiger partial charge on any atom is 0.0490 e. The number of hydrogen-bond donors (Lipinski definition) is 1. The van der Waals surface area contributed by atoms with Gasteiger partial charge in [-0.1, -0.05) is 56.0 Å². The standard InChI is InChI=1S/C18H27ClO/c1-2-3-6-15-9-11-18(14-20,12-10-15)13-16-7-4-5-8-17(16)19/h4-5,7-8,15,20H,2-3,6,9-14H2,1H3. The highest BCUT2D eigenvalue weighted by Crippen LogP contribution is 2.43. The lowest BCUT2D eigenvalue weighted by atomic mass is 9.67. The van der Waals surface area contributed by atoms with Crippen LogP contribution in [0.2, 0.25) is 5.02 Å². The summed E-state index contributed by atoms with van der Waals surface area (Å²) in [5.74, 6) is 0.876. The molecule has 0 saturated heterocycles. The number of unbranched alkanes of at least 4 members (excludes halogenated alkanes) is 1. The highest BCUT2D eigenvalue weighted by atomic mass is 35.5. The van der Waals surface area contributed by atoms with E-state index in [2.05, 4.69) is 13.0 Å². The van der Waals surface area contributed by atoms with Gasteiger partial charge >= 0.3 is 0 Å². The quantitative estimate of drug-likeness (QED) is 0.760. The number of benzene rings is 1. The fraction of sp³-hybridized carbons (Fsp3) is 0.667. The highest BCUT2D eigenvalue weighted by molar-refractivity contribution is 6.31. The summed E-state index contributed by atoms with van der Waals surface area (Å²) in [4.78, 5) is 0. The van der Waals surface area contributed by atoms with Crippen molar-refractivity contribution in [1.82, 2.24) is 0 Å². The van der Waals surface area contributed by atoms with Crippen LogP contribution in [-0.4, -0.2) is 11.7 Å². The summed E-state index contributed by atoms with van der Waals surface area (Å²) in [5, 5.41) is 10.8. The second kappa shape index (κ2) is 7.47. The molecule has 20 heavy (non-hydrogen) atoms. The molecule has 0 bridgehead atoms. The zero-order valence-electron chi connectivity index (χ0n) is 12.6. The molecule has 0 amide bonds. The largest absolute Gasteiger partial charge is 0.396 e. The van der Waals surface area contributed by atoms with Gasteiger partial charge < -0.3 is 5.11 Å². The van der Waals surface area contributed by atoms with Gasteiger partial charge in [0.2, 0.25) is 0 Å². The van der Waals surface area contributed by atoms with Crippen molar-refractivity contribution in [2.45, 2.75) is 58.3 Å². The lowest BCUT2D eigenvalue weighted by Crippen LogP contribution is -2.33. The zero-order valence-corrected chi connectivity index (χ0v) is 13.3. The van der Waals surface area contributed by atoms with E-state index >= 15 is 0 Å². The summed E-state index contributed by atoms with van der Waals surface area (Å²) in [6.45, 7) is 2.55. The Morgan fingerprint density at radius 2 is 1.95 bits per heavy atom. The molecule has 1 aromatic carbocycles. The Kier molecular flexibility index (Phi) is 5.92. The van der Waals surface area contributed by atoms with Crippen molar-refractivity contribution in [3.05, 3.63) is 34.9 Å². The molecule has 2 rings (SSSR count). The van der Waals surface area contributed by atoms with E-state index in [0.717, 1.165) is 30.2 Å². The van der Waals surface area contributed by atoms with Crippen molar-refractivity contribution in [1.29, 1.82) is 0 Å². The van der Waals surface area contributed by atoms with Gasteiger partial charge in [0.05, 0.1) is 0 Å². The Labute approximate surface area is 128 Å². The van der Waals surface area contributed by atoms with Gasteiger partial charge in [0.25, 0.3) is 0 Å². The van der Waals surface area contributed by atoms with Crippen LogP contribution >= 0.6 is 11.6 Å². The summed E-state index contributed by atoms with van der Waals surface area (Å²) >= 11 is 6.28. The van der Waals surface area contributed by atoms with Crippen LogP contribution in [0.3, 0.4) is 0 Å². The molecule has 0 radical (unpaired) electrons. The first-order valence-corrected chi connectivity index (χ1v) is 8.41. The van der Waals surface area contributed by atoms with Gasteiger partial charge in [-0.25, -0.2) is 0 Å². The maximum absolute atomic E-state index is 9.91. The van der Waals surface area contributed by atoms with Gasteiger partial charge in [-0.05, 0) is 55.1 Å². The molecular weight excluding hydrogens is 268 g/mol. The number of rotatable bonds is 6. The minimum Gasteiger partial charge on any atom is -0.396 e. The van der Waals surface area contributed by atoms with Crippen molar-refractivity contribution >= 4 is 11.6 Å². The van der Waals surface area contributed by atoms with Crippen molar-refractivity contribution in [3.63, 3.8) is 0 Å². The molecule has 1 aromatic rings. The van der Waals surface area contributed by atoms with E-state index in [1.54, 1.807) is 0 Å². The molecule has 0 heterocycles. The first kappa shape index (κ1) is 15.9. The average Bonchev–Trinajstić information content (AvgIpc) is 2.49. The number of hydrogen-bond acceptors (Lipinski definition) is 1. The minimum absolute atomic E-state index is 0.0632. The van der Waals surface area contributed by atoms with E-state index < -0.39 is 0 Å². The van der Waals surface area contributed by atoms with E-state index in [4.69, 9.17) is 11.6 Å². The van der Waals surface area contributed by atoms with E-state index in [1.165, 1.54) is 37.7 Å². The number of aliphatic hydroxyl groups is 1. The molecule has 2 heteroatoms. The molecule has 1 fully saturated rings. The molecule has 112 valence electrons. The van der Waals surface area contributed by atoms with Crippen LogP contribution in [0.1, 0.15) is 57.4 Å². The average molecular weight is 295 g/mol. The Balaban J connectivity index is 1.97. The van der Waals surface area contributed by atoms with Gasteiger partial charge in [-0.3, -0.25) is 0 Å². The minimum atomic E-state index is 0.0632. The molecule has 0 aliphatic heterocycles. The highest BCUT2D eigenvalue weighted by Gasteiger charge is 2.35. The topological polar surface area (TPSA) is 20.2 Å². The molecule has 1 aliphatic rings. The van der Waals surface area contributed by atoms with Crippen molar-refractivity contribution in [3.8, 4) is 0 Å². The second-order valence-electron chi connectivity index (χ2n) is 6.51. The van der Waals surface area contributed by atoms with Crippen LogP contribution < -0.4 is 0 Å². The number of halogens is 1. The first-order chi connectivity index (χ1) is 9.69. The Hall–Kier alpha value is -0.530. The molecule has 1 aliphatic carbocycles. The predicted octanol–water partition coefficient (Wildman–Crippen LogP) is 5.24. The zero-order chi connectivity index (χ0) is 14.4. The van der Waals surface area contributed by atoms with Crippen LogP contribution in [0.15, 0.2) is 24.3 Å². The molecule has 1 nitrogen and oxygen atoms in total. The lowest BCUT2D eigenvalue weighted by molar-refractivity contribution is 0.0621. The van der Waals surface area contributed by atoms with E-state index in [9.17, 15) is 5.11 Å². The normalized spacial score (nSPS) is 26.6. The van der Waals surface area contributed by atoms with Crippen LogP contribution in [-0.2, 0) is 6.42 Å². The van der Waals surface area contributed by atoms with Crippen LogP contribution in [0.5, 0.6) is 0 Å². The van der Waals surface area contributed by atoms with Gasteiger partial charge in [-0.2, -0.15) is 0 Å². The molecule has 0 aromatic heterocycles. The monoisotopic (exact) mass is 294 g/mol. The third-order valence-corrected chi connectivity index (χ3v) is 5.36. The second-order valence-corrected chi connectivity index (χ2v) is 6.92. The SMILES string of the molecule is CCCCC1CCC(CO)(Cc2ccccc2Cl)CC1. The molecule has 0 spiro atoms. The summed E-state index contributed by atoms with van der Waals surface area (Å²) < 4.78 is 0. The smallest absolute Gasteiger partial charge is 0.0490 e. The third-order valence-electron chi connectivity index (χ3n) is 4.99. The van der Waals surface area contributed by atoms with Crippen LogP contribution in [0.25, 0.3) is 0 Å². The fourth-order valence-corrected chi connectivity index (χ4v) is 3.71. The van der Waals surface area contributed by atoms with Crippen molar-refractivity contribution in [2.24, 2.45) is 11.3 Å². The summed E-state index contributed by atoms with van der Waals surface area (Å²) in [5.41, 5.74) is 1.25. The molecule has 0 atom stereocenters. The Bertz CT molecular complexity index is 408. The molecule has 0 unspecified atom stereocenters. The maximum atomic E-state index is 9.91. The van der Waals surface area contributed by atoms with Crippen molar-refractivity contribution in [2.75, 3.05) is 6.61 Å². The van der Waals surface area contributed by atoms with E-state index in [1.807, 2.05) is 18.2 Å². The third kappa shape index (κ3) is 3.99. The van der Waals surface area contributed by atoms with Gasteiger partial charge in [0.1, 0.15) is 0 Å². The molecule has 1 saturated carbocycles. The van der Waals surface area contributed by atoms with Crippen LogP contribution in [0.4, 0.5) is 0 Å². The summed E-state index contributed by atoms with van der Waals surface area (Å²) in [6, 6.07) is 8.07. The summed E-state index contributed by atoms with van der Waals surface area (Å²) in [7, 11) is 0. The Morgan fingerprint density at radius 3 is 2.55 bits per heavy atom. The lowest BCUT2D eigenvalue weighted by Gasteiger charge is -2.39. The van der Waals surface area contributed by atoms with Gasteiger partial charge in [-0.15, -0.1) is 0 Å². The number of aliphatic hydroxyl groups excluding tert-OH is 1. The summed E-state index contributed by atoms with van der Waals surface area (Å²) in [6.07, 6.45) is 9.75. The van der Waals surface area contributed by atoms with E-state index in [0.29, 0.717) is 6.61 Å². The van der Waals surface area contributed by atoms with Gasteiger partial charge in [0, 0.05) is 11.6 Å². The molecule has 1 N–H and O–H groups in total. The fourth-order valence-electron chi connectivity index (χ4n) is 3.51. The van der Waals surface area contributed by atoms with Crippen molar-refractivity contribution < 1.29 is 5.11 Å². The Morgan fingerprint density at radius 1 is 1.25 bits per heavy atom. The predicted molar refractivity (Wildman–Crippen MR) is 86.2 cm³/mol. The van der Waals surface area contributed by atoms with Crippen LogP contribution in [0, 0.1) is 11.3 Å². The molecular formula is C18H27ClO. The first-order valence-electron chi connectivity index (χ1n) is 8.03. The van der Waals surface area contributed by atoms with Gasteiger partial charge in [0.15, 0.2) is 0 Å². The van der Waals surface area contributed by atoms with E-state index in [-0.39, 0.29) is 5.41 Å².